The van der Waals surface area contributed by atoms with Gasteiger partial charge in [-0.15, -0.1) is 0 Å². The van der Waals surface area contributed by atoms with Crippen LogP contribution in [-0.2, 0) is 14.3 Å². The summed E-state index contributed by atoms with van der Waals surface area (Å²) in [6.07, 6.45) is 2.54. The minimum atomic E-state index is -1.44. The lowest BCUT2D eigenvalue weighted by Gasteiger charge is -2.34. The average molecular weight is 414 g/mol. The lowest BCUT2D eigenvalue weighted by molar-refractivity contribution is -0.151. The number of hydrogen-bond donors (Lipinski definition) is 0. The molecule has 1 aromatic heterocycles. The highest BCUT2D eigenvalue weighted by molar-refractivity contribution is 6.11. The number of ether oxygens (including phenoxy) is 1. The summed E-state index contributed by atoms with van der Waals surface area (Å²) in [7, 11) is 0. The van der Waals surface area contributed by atoms with Crippen LogP contribution in [-0.4, -0.2) is 46.8 Å². The van der Waals surface area contributed by atoms with Gasteiger partial charge in [0.1, 0.15) is 5.82 Å². The Kier molecular flexibility index (Phi) is 6.76. The van der Waals surface area contributed by atoms with Crippen LogP contribution in [0.5, 0.6) is 0 Å². The molecule has 158 valence electrons. The molecule has 2 atom stereocenters. The van der Waals surface area contributed by atoms with E-state index in [1.165, 1.54) is 35.4 Å². The number of piperidine rings is 1. The number of nitrogens with zero attached hydrogens (tertiary/aromatic N) is 2. The molecule has 1 aliphatic heterocycles. The molecule has 2 heterocycles. The van der Waals surface area contributed by atoms with Crippen LogP contribution in [0.1, 0.15) is 36.2 Å². The fourth-order valence-corrected chi connectivity index (χ4v) is 3.59. The van der Waals surface area contributed by atoms with Crippen molar-refractivity contribution in [1.29, 1.82) is 0 Å². The molecule has 2 unspecified atom stereocenters. The molecule has 1 aromatic carbocycles. The number of carbonyl (C=O) groups is 3. The standard InChI is InChI=1S/C22H23FN2O5/c1-2-30-22(29)16-6-5-12-24(14-16)21(28)19(25-13-4-3-7-18(25)26)20(27)15-8-10-17(23)11-9-15/h3-4,7-11,13,16,19H,2,5-6,12,14H2,1H3. The third-order valence-corrected chi connectivity index (χ3v) is 5.09. The van der Waals surface area contributed by atoms with E-state index in [1.54, 1.807) is 13.0 Å². The zero-order valence-electron chi connectivity index (χ0n) is 16.6. The fraction of sp³-hybridized carbons (Fsp3) is 0.364. The van der Waals surface area contributed by atoms with Crippen LogP contribution in [0.4, 0.5) is 4.39 Å². The molecule has 1 fully saturated rings. The van der Waals surface area contributed by atoms with E-state index in [2.05, 4.69) is 0 Å². The van der Waals surface area contributed by atoms with Crippen LogP contribution in [0, 0.1) is 11.7 Å². The number of aromatic nitrogens is 1. The van der Waals surface area contributed by atoms with Crippen LogP contribution >= 0.6 is 0 Å². The molecular formula is C22H23FN2O5. The third-order valence-electron chi connectivity index (χ3n) is 5.09. The van der Waals surface area contributed by atoms with Crippen LogP contribution in [0.15, 0.2) is 53.5 Å². The largest absolute Gasteiger partial charge is 0.466 e. The number of benzene rings is 1. The molecular weight excluding hydrogens is 391 g/mol. The summed E-state index contributed by atoms with van der Waals surface area (Å²) in [6.45, 7) is 2.44. The van der Waals surface area contributed by atoms with Crippen molar-refractivity contribution < 1.29 is 23.5 Å². The van der Waals surface area contributed by atoms with Gasteiger partial charge in [-0.25, -0.2) is 4.39 Å². The summed E-state index contributed by atoms with van der Waals surface area (Å²) in [4.78, 5) is 52.5. The van der Waals surface area contributed by atoms with E-state index in [-0.39, 0.29) is 24.7 Å². The maximum absolute atomic E-state index is 13.4. The van der Waals surface area contributed by atoms with Gasteiger partial charge in [0.25, 0.3) is 11.5 Å². The van der Waals surface area contributed by atoms with Crippen LogP contribution in [0.3, 0.4) is 0 Å². The summed E-state index contributed by atoms with van der Waals surface area (Å²) >= 11 is 0. The van der Waals surface area contributed by atoms with Crippen molar-refractivity contribution in [3.63, 3.8) is 0 Å². The molecule has 0 aliphatic carbocycles. The Morgan fingerprint density at radius 2 is 1.90 bits per heavy atom. The maximum Gasteiger partial charge on any atom is 0.310 e. The molecule has 30 heavy (non-hydrogen) atoms. The number of hydrogen-bond acceptors (Lipinski definition) is 5. The van der Waals surface area contributed by atoms with E-state index in [0.717, 1.165) is 16.7 Å². The Labute approximate surface area is 173 Å². The van der Waals surface area contributed by atoms with E-state index >= 15 is 0 Å². The van der Waals surface area contributed by atoms with Gasteiger partial charge in [0.05, 0.1) is 12.5 Å². The smallest absolute Gasteiger partial charge is 0.310 e. The number of halogens is 1. The maximum atomic E-state index is 13.4. The van der Waals surface area contributed by atoms with E-state index in [4.69, 9.17) is 4.74 Å². The molecule has 3 rings (SSSR count). The molecule has 2 aromatic rings. The zero-order valence-corrected chi connectivity index (χ0v) is 16.6. The Hall–Kier alpha value is -3.29. The SMILES string of the molecule is CCOC(=O)C1CCCN(C(=O)C(C(=O)c2ccc(F)cc2)n2ccccc2=O)C1. The summed E-state index contributed by atoms with van der Waals surface area (Å²) < 4.78 is 19.4. The third kappa shape index (κ3) is 4.64. The fourth-order valence-electron chi connectivity index (χ4n) is 3.59. The van der Waals surface area contributed by atoms with E-state index in [9.17, 15) is 23.6 Å². The molecule has 0 radical (unpaired) electrons. The second kappa shape index (κ2) is 9.47. The van der Waals surface area contributed by atoms with Gasteiger partial charge in [0.2, 0.25) is 0 Å². The summed E-state index contributed by atoms with van der Waals surface area (Å²) in [5.74, 6) is -2.57. The first-order valence-corrected chi connectivity index (χ1v) is 9.84. The molecule has 7 nitrogen and oxygen atoms in total. The highest BCUT2D eigenvalue weighted by Gasteiger charge is 2.37. The second-order valence-corrected chi connectivity index (χ2v) is 7.10. The average Bonchev–Trinajstić information content (AvgIpc) is 2.76. The van der Waals surface area contributed by atoms with Gasteiger partial charge in [-0.1, -0.05) is 6.07 Å². The number of rotatable bonds is 6. The van der Waals surface area contributed by atoms with Crippen molar-refractivity contribution in [3.8, 4) is 0 Å². The van der Waals surface area contributed by atoms with Gasteiger partial charge < -0.3 is 9.64 Å². The van der Waals surface area contributed by atoms with Crippen molar-refractivity contribution >= 4 is 17.7 Å². The predicted molar refractivity (Wildman–Crippen MR) is 106 cm³/mol. The topological polar surface area (TPSA) is 85.7 Å². The second-order valence-electron chi connectivity index (χ2n) is 7.10. The summed E-state index contributed by atoms with van der Waals surface area (Å²) in [6, 6.07) is 7.70. The van der Waals surface area contributed by atoms with Crippen molar-refractivity contribution in [3.05, 3.63) is 70.4 Å². The first-order valence-electron chi connectivity index (χ1n) is 9.84. The normalized spacial score (nSPS) is 17.3. The lowest BCUT2D eigenvalue weighted by atomic mass is 9.96. The lowest BCUT2D eigenvalue weighted by Crippen LogP contribution is -2.48. The number of carbonyl (C=O) groups excluding carboxylic acids is 3. The molecule has 1 saturated heterocycles. The van der Waals surface area contributed by atoms with Gasteiger partial charge in [-0.3, -0.25) is 23.7 Å². The molecule has 8 heteroatoms. The minimum Gasteiger partial charge on any atom is -0.466 e. The molecule has 1 amide bonds. The van der Waals surface area contributed by atoms with Crippen molar-refractivity contribution in [2.75, 3.05) is 19.7 Å². The first kappa shape index (κ1) is 21.4. The Bertz CT molecular complexity index is 986. The molecule has 0 spiro atoms. The van der Waals surface area contributed by atoms with Crippen LogP contribution in [0.2, 0.25) is 0 Å². The zero-order chi connectivity index (χ0) is 21.7. The Morgan fingerprint density at radius 1 is 1.17 bits per heavy atom. The first-order chi connectivity index (χ1) is 14.4. The van der Waals surface area contributed by atoms with Gasteiger partial charge in [0, 0.05) is 30.9 Å². The minimum absolute atomic E-state index is 0.115. The highest BCUT2D eigenvalue weighted by Crippen LogP contribution is 2.23. The summed E-state index contributed by atoms with van der Waals surface area (Å²) in [5.41, 5.74) is -0.394. The van der Waals surface area contributed by atoms with Crippen molar-refractivity contribution in [2.24, 2.45) is 5.92 Å². The van der Waals surface area contributed by atoms with Gasteiger partial charge in [-0.2, -0.15) is 0 Å². The number of Topliss-reactive ketones (excluding diaryl/α,β-unsaturated/α-hetero) is 1. The summed E-state index contributed by atoms with van der Waals surface area (Å²) in [5, 5.41) is 0. The van der Waals surface area contributed by atoms with Gasteiger partial charge >= 0.3 is 5.97 Å². The predicted octanol–water partition coefficient (Wildman–Crippen LogP) is 2.21. The van der Waals surface area contributed by atoms with Gasteiger partial charge in [0.15, 0.2) is 11.8 Å². The highest BCUT2D eigenvalue weighted by atomic mass is 19.1. The molecule has 0 bridgehead atoms. The Balaban J connectivity index is 1.93. The van der Waals surface area contributed by atoms with Crippen molar-refractivity contribution in [1.82, 2.24) is 9.47 Å². The monoisotopic (exact) mass is 414 g/mol. The number of amides is 1. The van der Waals surface area contributed by atoms with Gasteiger partial charge in [-0.05, 0) is 50.1 Å². The quantitative estimate of drug-likeness (QED) is 0.411. The van der Waals surface area contributed by atoms with Crippen molar-refractivity contribution in [2.45, 2.75) is 25.8 Å². The number of likely N-dealkylation sites (tertiary alicyclic amines) is 1. The van der Waals surface area contributed by atoms with Crippen LogP contribution < -0.4 is 5.56 Å². The Morgan fingerprint density at radius 3 is 2.57 bits per heavy atom. The van der Waals surface area contributed by atoms with E-state index in [0.29, 0.717) is 19.4 Å². The number of ketones is 1. The number of esters is 1. The molecule has 1 aliphatic rings. The number of pyridine rings is 1. The van der Waals surface area contributed by atoms with E-state index in [1.807, 2.05) is 0 Å². The molecule has 0 saturated carbocycles. The van der Waals surface area contributed by atoms with Crippen LogP contribution in [0.25, 0.3) is 0 Å². The van der Waals surface area contributed by atoms with E-state index < -0.39 is 35.0 Å². The molecule has 0 N–H and O–H groups in total.